The average molecular weight is 843 g/mol. The van der Waals surface area contributed by atoms with Gasteiger partial charge in [-0.15, -0.1) is 0 Å². The molecule has 0 amide bonds. The zero-order chi connectivity index (χ0) is 44.5. The molecular formula is C66H50. The SMILES string of the molecule is CCc1ccc(-c2c3ccccc3c(-c3ccc4c(c3)C(C)(C)c3cc(-c5c6ccccc6c(-c6ccc7c(c6)C(C)(C)c6ccccc6-7)c6ccccc56)ccc3-4)c3ccccc23)cc1. The number of hydrogen-bond acceptors (Lipinski definition) is 0. The predicted molar refractivity (Wildman–Crippen MR) is 283 cm³/mol. The third-order valence-electron chi connectivity index (χ3n) is 15.6. The van der Waals surface area contributed by atoms with Crippen molar-refractivity contribution in [2.24, 2.45) is 0 Å². The van der Waals surface area contributed by atoms with Crippen LogP contribution in [0.3, 0.4) is 0 Å². The maximum Gasteiger partial charge on any atom is 0.0159 e. The molecule has 0 saturated heterocycles. The summed E-state index contributed by atoms with van der Waals surface area (Å²) in [6.07, 6.45) is 1.03. The molecule has 0 unspecified atom stereocenters. The van der Waals surface area contributed by atoms with Gasteiger partial charge in [-0.05, 0) is 162 Å². The molecular weight excluding hydrogens is 793 g/mol. The van der Waals surface area contributed by atoms with Crippen LogP contribution in [0.1, 0.15) is 62.4 Å². The van der Waals surface area contributed by atoms with E-state index in [1.54, 1.807) is 0 Å². The minimum Gasteiger partial charge on any atom is -0.0619 e. The summed E-state index contributed by atoms with van der Waals surface area (Å²) >= 11 is 0. The topological polar surface area (TPSA) is 0 Å². The fourth-order valence-electron chi connectivity index (χ4n) is 12.3. The van der Waals surface area contributed by atoms with Gasteiger partial charge in [-0.2, -0.15) is 0 Å². The second kappa shape index (κ2) is 14.2. The predicted octanol–water partition coefficient (Wildman–Crippen LogP) is 18.1. The van der Waals surface area contributed by atoms with Gasteiger partial charge in [-0.3, -0.25) is 0 Å². The van der Waals surface area contributed by atoms with Gasteiger partial charge in [0.1, 0.15) is 0 Å². The van der Waals surface area contributed by atoms with Crippen LogP contribution in [0.5, 0.6) is 0 Å². The molecule has 0 heterocycles. The Labute approximate surface area is 387 Å². The summed E-state index contributed by atoms with van der Waals surface area (Å²) in [7, 11) is 0. The molecule has 11 aromatic rings. The van der Waals surface area contributed by atoms with Crippen LogP contribution in [0.15, 0.2) is 200 Å². The Morgan fingerprint density at radius 1 is 0.273 bits per heavy atom. The molecule has 13 rings (SSSR count). The summed E-state index contributed by atoms with van der Waals surface area (Å²) in [4.78, 5) is 0. The summed E-state index contributed by atoms with van der Waals surface area (Å²) in [6.45, 7) is 11.8. The average Bonchev–Trinajstić information content (AvgIpc) is 3.73. The van der Waals surface area contributed by atoms with Crippen molar-refractivity contribution in [3.05, 3.63) is 228 Å². The van der Waals surface area contributed by atoms with Crippen LogP contribution in [0.2, 0.25) is 0 Å². The molecule has 0 N–H and O–H groups in total. The Morgan fingerprint density at radius 3 is 0.894 bits per heavy atom. The third-order valence-corrected chi connectivity index (χ3v) is 15.6. The molecule has 0 saturated carbocycles. The van der Waals surface area contributed by atoms with Gasteiger partial charge in [0, 0.05) is 10.8 Å². The Bertz CT molecular complexity index is 3720. The minimum atomic E-state index is -0.219. The van der Waals surface area contributed by atoms with Crippen LogP contribution in [0.4, 0.5) is 0 Å². The van der Waals surface area contributed by atoms with Crippen molar-refractivity contribution in [1.29, 1.82) is 0 Å². The first-order valence-electron chi connectivity index (χ1n) is 23.7. The maximum atomic E-state index is 2.52. The van der Waals surface area contributed by atoms with E-state index in [9.17, 15) is 0 Å². The fraction of sp³-hybridized carbons (Fsp3) is 0.121. The van der Waals surface area contributed by atoms with Gasteiger partial charge >= 0.3 is 0 Å². The molecule has 0 spiro atoms. The van der Waals surface area contributed by atoms with E-state index in [0.717, 1.165) is 6.42 Å². The van der Waals surface area contributed by atoms with Gasteiger partial charge in [0.25, 0.3) is 0 Å². The molecule has 11 aromatic carbocycles. The van der Waals surface area contributed by atoms with Gasteiger partial charge in [0.05, 0.1) is 0 Å². The second-order valence-corrected chi connectivity index (χ2v) is 19.8. The Hall–Kier alpha value is -7.54. The summed E-state index contributed by atoms with van der Waals surface area (Å²) < 4.78 is 0. The van der Waals surface area contributed by atoms with Gasteiger partial charge < -0.3 is 0 Å². The minimum absolute atomic E-state index is 0.0728. The lowest BCUT2D eigenvalue weighted by molar-refractivity contribution is 0.660. The lowest BCUT2D eigenvalue weighted by Crippen LogP contribution is -2.15. The first-order chi connectivity index (χ1) is 32.2. The molecule has 314 valence electrons. The van der Waals surface area contributed by atoms with Crippen molar-refractivity contribution in [1.82, 2.24) is 0 Å². The molecule has 0 aliphatic heterocycles. The first-order valence-corrected chi connectivity index (χ1v) is 23.7. The summed E-state index contributed by atoms with van der Waals surface area (Å²) in [5.41, 5.74) is 22.3. The van der Waals surface area contributed by atoms with E-state index in [0.29, 0.717) is 0 Å². The van der Waals surface area contributed by atoms with Gasteiger partial charge in [-0.25, -0.2) is 0 Å². The molecule has 0 fully saturated rings. The highest BCUT2D eigenvalue weighted by Crippen LogP contribution is 2.55. The molecule has 66 heavy (non-hydrogen) atoms. The van der Waals surface area contributed by atoms with Crippen LogP contribution >= 0.6 is 0 Å². The van der Waals surface area contributed by atoms with Crippen LogP contribution in [-0.2, 0) is 17.3 Å². The van der Waals surface area contributed by atoms with E-state index < -0.39 is 0 Å². The van der Waals surface area contributed by atoms with E-state index in [-0.39, 0.29) is 10.8 Å². The van der Waals surface area contributed by atoms with Crippen molar-refractivity contribution < 1.29 is 0 Å². The van der Waals surface area contributed by atoms with Crippen LogP contribution in [0, 0.1) is 0 Å². The molecule has 0 heteroatoms. The van der Waals surface area contributed by atoms with E-state index >= 15 is 0 Å². The Kier molecular flexibility index (Phi) is 8.38. The normalized spacial score (nSPS) is 14.1. The molecule has 2 aliphatic rings. The molecule has 0 nitrogen and oxygen atoms in total. The highest BCUT2D eigenvalue weighted by Gasteiger charge is 2.38. The maximum absolute atomic E-state index is 2.52. The van der Waals surface area contributed by atoms with Crippen LogP contribution < -0.4 is 0 Å². The van der Waals surface area contributed by atoms with E-state index in [2.05, 4.69) is 235 Å². The fourth-order valence-corrected chi connectivity index (χ4v) is 12.3. The van der Waals surface area contributed by atoms with Crippen molar-refractivity contribution in [3.63, 3.8) is 0 Å². The van der Waals surface area contributed by atoms with Crippen LogP contribution in [-0.4, -0.2) is 0 Å². The smallest absolute Gasteiger partial charge is 0.0159 e. The molecule has 0 aromatic heterocycles. The number of fused-ring (bicyclic) bond motifs is 10. The third kappa shape index (κ3) is 5.45. The van der Waals surface area contributed by atoms with Crippen molar-refractivity contribution in [2.75, 3.05) is 0 Å². The van der Waals surface area contributed by atoms with Crippen molar-refractivity contribution in [3.8, 4) is 66.8 Å². The van der Waals surface area contributed by atoms with Crippen LogP contribution in [0.25, 0.3) is 110 Å². The largest absolute Gasteiger partial charge is 0.0619 e. The van der Waals surface area contributed by atoms with Crippen molar-refractivity contribution in [2.45, 2.75) is 51.9 Å². The number of rotatable bonds is 5. The molecule has 0 radical (unpaired) electrons. The highest BCUT2D eigenvalue weighted by molar-refractivity contribution is 6.23. The lowest BCUT2D eigenvalue weighted by atomic mass is 9.79. The number of aryl methyl sites for hydroxylation is 1. The lowest BCUT2D eigenvalue weighted by Gasteiger charge is -2.24. The molecule has 0 atom stereocenters. The Morgan fingerprint density at radius 2 is 0.545 bits per heavy atom. The standard InChI is InChI=1S/C66H50/c1-6-40-27-29-41(30-28-40)61-49-18-7-9-20-51(49)62(52-21-10-8-19-50(52)61)43-32-35-47-48-36-33-44(39-60(48)66(4,5)59(47)38-43)64-55-24-13-11-22-53(55)63(54-23-12-14-25-56(54)64)42-31-34-46-45-17-15-16-26-57(45)65(2,3)58(46)37-42/h7-39H,6H2,1-5H3. The van der Waals surface area contributed by atoms with Gasteiger partial charge in [-0.1, -0.05) is 217 Å². The molecule has 2 aliphatic carbocycles. The van der Waals surface area contributed by atoms with Gasteiger partial charge in [0.15, 0.2) is 0 Å². The number of hydrogen-bond donors (Lipinski definition) is 0. The monoisotopic (exact) mass is 842 g/mol. The quantitative estimate of drug-likeness (QED) is 0.151. The molecule has 0 bridgehead atoms. The Balaban J connectivity index is 0.957. The van der Waals surface area contributed by atoms with E-state index in [4.69, 9.17) is 0 Å². The second-order valence-electron chi connectivity index (χ2n) is 19.8. The van der Waals surface area contributed by atoms with Gasteiger partial charge in [0.2, 0.25) is 0 Å². The first kappa shape index (κ1) is 38.9. The summed E-state index contributed by atoms with van der Waals surface area (Å²) in [6, 6.07) is 76.2. The van der Waals surface area contributed by atoms with E-state index in [1.165, 1.54) is 138 Å². The zero-order valence-electron chi connectivity index (χ0n) is 38.3. The zero-order valence-corrected chi connectivity index (χ0v) is 38.3. The highest BCUT2D eigenvalue weighted by atomic mass is 14.4. The number of benzene rings is 11. The summed E-state index contributed by atoms with van der Waals surface area (Å²) in [5.74, 6) is 0. The van der Waals surface area contributed by atoms with E-state index in [1.807, 2.05) is 0 Å². The van der Waals surface area contributed by atoms with Crippen molar-refractivity contribution >= 4 is 43.1 Å². The summed E-state index contributed by atoms with van der Waals surface area (Å²) in [5, 5.41) is 10.3.